The smallest absolute Gasteiger partial charge is 0.0838 e. The lowest BCUT2D eigenvalue weighted by Gasteiger charge is -2.15. The molecule has 19 heavy (non-hydrogen) atoms. The molecule has 4 heteroatoms. The average Bonchev–Trinajstić information content (AvgIpc) is 2.36. The first-order chi connectivity index (χ1) is 8.90. The molecule has 1 unspecified atom stereocenters. The Morgan fingerprint density at radius 3 is 2.42 bits per heavy atom. The van der Waals surface area contributed by atoms with Gasteiger partial charge in [-0.3, -0.25) is 0 Å². The Morgan fingerprint density at radius 2 is 1.79 bits per heavy atom. The van der Waals surface area contributed by atoms with Gasteiger partial charge < -0.3 is 0 Å². The lowest BCUT2D eigenvalue weighted by Crippen LogP contribution is -1.98. The molecule has 2 aromatic rings. The molecule has 2 aromatic carbocycles. The van der Waals surface area contributed by atoms with Gasteiger partial charge in [-0.05, 0) is 76.9 Å². The van der Waals surface area contributed by atoms with Crippen molar-refractivity contribution in [2.45, 2.75) is 19.2 Å². The highest BCUT2D eigenvalue weighted by Crippen LogP contribution is 2.35. The zero-order chi connectivity index (χ0) is 14.2. The minimum absolute atomic E-state index is 0.179. The predicted molar refractivity (Wildman–Crippen MR) is 95.5 cm³/mol. The average molecular weight is 470 g/mol. The molecule has 0 aromatic heterocycles. The standard InChI is InChI=1S/C15H12BrCl2I/c1-8-6-12(16)9(2)5-11(8)15(18)10-3-4-14(19)13(17)7-10/h3-7,15H,1-2H3. The van der Waals surface area contributed by atoms with Crippen LogP contribution in [-0.4, -0.2) is 0 Å². The van der Waals surface area contributed by atoms with Crippen molar-refractivity contribution in [2.24, 2.45) is 0 Å². The van der Waals surface area contributed by atoms with Gasteiger partial charge in [0.2, 0.25) is 0 Å². The molecule has 0 saturated carbocycles. The first-order valence-electron chi connectivity index (χ1n) is 5.76. The third-order valence-electron chi connectivity index (χ3n) is 3.06. The quantitative estimate of drug-likeness (QED) is 0.341. The molecule has 2 rings (SSSR count). The van der Waals surface area contributed by atoms with Gasteiger partial charge in [-0.2, -0.15) is 0 Å². The SMILES string of the molecule is Cc1cc(C(Cl)c2ccc(I)c(Cl)c2)c(C)cc1Br. The molecule has 0 bridgehead atoms. The second-order valence-corrected chi connectivity index (χ2v) is 7.35. The van der Waals surface area contributed by atoms with Crippen LogP contribution in [-0.2, 0) is 0 Å². The highest BCUT2D eigenvalue weighted by Gasteiger charge is 2.15. The molecule has 0 radical (unpaired) electrons. The summed E-state index contributed by atoms with van der Waals surface area (Å²) in [6.07, 6.45) is 0. The summed E-state index contributed by atoms with van der Waals surface area (Å²) in [5.41, 5.74) is 4.51. The summed E-state index contributed by atoms with van der Waals surface area (Å²) in [6.45, 7) is 4.14. The third-order valence-corrected chi connectivity index (χ3v) is 5.97. The zero-order valence-electron chi connectivity index (χ0n) is 10.5. The second-order valence-electron chi connectivity index (χ2n) is 4.49. The van der Waals surface area contributed by atoms with Gasteiger partial charge in [0, 0.05) is 8.04 Å². The minimum atomic E-state index is -0.179. The number of hydrogen-bond donors (Lipinski definition) is 0. The molecule has 0 nitrogen and oxygen atoms in total. The Hall–Kier alpha value is 0.230. The van der Waals surface area contributed by atoms with E-state index in [-0.39, 0.29) is 5.38 Å². The Bertz CT molecular complexity index is 626. The Kier molecular flexibility index (Phi) is 5.21. The number of hydrogen-bond acceptors (Lipinski definition) is 0. The van der Waals surface area contributed by atoms with E-state index in [1.54, 1.807) is 0 Å². The Labute approximate surface area is 145 Å². The summed E-state index contributed by atoms with van der Waals surface area (Å²) in [5, 5.41) is 0.566. The monoisotopic (exact) mass is 468 g/mol. The van der Waals surface area contributed by atoms with Crippen LogP contribution in [0.15, 0.2) is 34.8 Å². The van der Waals surface area contributed by atoms with E-state index in [0.717, 1.165) is 24.2 Å². The van der Waals surface area contributed by atoms with Gasteiger partial charge in [-0.25, -0.2) is 0 Å². The van der Waals surface area contributed by atoms with Gasteiger partial charge in [-0.15, -0.1) is 11.6 Å². The molecule has 0 amide bonds. The van der Waals surface area contributed by atoms with E-state index < -0.39 is 0 Å². The molecule has 0 aliphatic heterocycles. The molecule has 0 heterocycles. The molecule has 100 valence electrons. The van der Waals surface area contributed by atoms with E-state index in [1.807, 2.05) is 18.2 Å². The van der Waals surface area contributed by atoms with Crippen LogP contribution in [0.5, 0.6) is 0 Å². The molecule has 0 aliphatic rings. The van der Waals surface area contributed by atoms with Crippen LogP contribution in [0.2, 0.25) is 5.02 Å². The molecule has 0 N–H and O–H groups in total. The second kappa shape index (κ2) is 6.33. The Balaban J connectivity index is 2.46. The topological polar surface area (TPSA) is 0 Å². The summed E-state index contributed by atoms with van der Waals surface area (Å²) in [4.78, 5) is 0. The highest BCUT2D eigenvalue weighted by atomic mass is 127. The predicted octanol–water partition coefficient (Wildman–Crippen LogP) is 6.65. The molecule has 1 atom stereocenters. The largest absolute Gasteiger partial charge is 0.113 e. The summed E-state index contributed by atoms with van der Waals surface area (Å²) in [7, 11) is 0. The summed E-state index contributed by atoms with van der Waals surface area (Å²) < 4.78 is 2.15. The first-order valence-corrected chi connectivity index (χ1v) is 8.44. The van der Waals surface area contributed by atoms with Gasteiger partial charge in [0.15, 0.2) is 0 Å². The van der Waals surface area contributed by atoms with Crippen molar-refractivity contribution < 1.29 is 0 Å². The molecule has 0 saturated heterocycles. The lowest BCUT2D eigenvalue weighted by atomic mass is 9.98. The van der Waals surface area contributed by atoms with Crippen LogP contribution in [0.4, 0.5) is 0 Å². The number of alkyl halides is 1. The van der Waals surface area contributed by atoms with Gasteiger partial charge in [-0.1, -0.05) is 39.7 Å². The summed E-state index contributed by atoms with van der Waals surface area (Å²) in [6, 6.07) is 10.2. The van der Waals surface area contributed by atoms with Crippen LogP contribution in [0.25, 0.3) is 0 Å². The van der Waals surface area contributed by atoms with Crippen molar-refractivity contribution in [1.29, 1.82) is 0 Å². The fraction of sp³-hybridized carbons (Fsp3) is 0.200. The maximum Gasteiger partial charge on any atom is 0.0838 e. The molecule has 0 spiro atoms. The minimum Gasteiger partial charge on any atom is -0.113 e. The molecular weight excluding hydrogens is 458 g/mol. The number of benzene rings is 2. The van der Waals surface area contributed by atoms with Gasteiger partial charge in [0.1, 0.15) is 0 Å². The van der Waals surface area contributed by atoms with E-state index in [2.05, 4.69) is 64.5 Å². The van der Waals surface area contributed by atoms with Gasteiger partial charge in [0.25, 0.3) is 0 Å². The van der Waals surface area contributed by atoms with Crippen LogP contribution < -0.4 is 0 Å². The Morgan fingerprint density at radius 1 is 1.11 bits per heavy atom. The van der Waals surface area contributed by atoms with Gasteiger partial charge >= 0.3 is 0 Å². The van der Waals surface area contributed by atoms with Crippen LogP contribution in [0.3, 0.4) is 0 Å². The molecular formula is C15H12BrCl2I. The molecule has 0 aliphatic carbocycles. The fourth-order valence-corrected chi connectivity index (χ4v) is 3.28. The number of rotatable bonds is 2. The highest BCUT2D eigenvalue weighted by molar-refractivity contribution is 14.1. The van der Waals surface area contributed by atoms with E-state index >= 15 is 0 Å². The van der Waals surface area contributed by atoms with E-state index in [4.69, 9.17) is 23.2 Å². The third kappa shape index (κ3) is 3.46. The van der Waals surface area contributed by atoms with Crippen molar-refractivity contribution in [2.75, 3.05) is 0 Å². The first kappa shape index (κ1) is 15.6. The zero-order valence-corrected chi connectivity index (χ0v) is 15.7. The normalized spacial score (nSPS) is 12.5. The van der Waals surface area contributed by atoms with Crippen molar-refractivity contribution in [3.63, 3.8) is 0 Å². The summed E-state index contributed by atoms with van der Waals surface area (Å²) in [5.74, 6) is 0. The van der Waals surface area contributed by atoms with Crippen LogP contribution in [0.1, 0.15) is 27.6 Å². The van der Waals surface area contributed by atoms with Crippen molar-refractivity contribution in [3.05, 3.63) is 65.7 Å². The summed E-state index contributed by atoms with van der Waals surface area (Å²) >= 11 is 18.5. The number of aryl methyl sites for hydroxylation is 2. The van der Waals surface area contributed by atoms with E-state index in [0.29, 0.717) is 0 Å². The molecule has 0 fully saturated rings. The number of halogens is 4. The van der Waals surface area contributed by atoms with Crippen molar-refractivity contribution in [3.8, 4) is 0 Å². The van der Waals surface area contributed by atoms with Crippen molar-refractivity contribution >= 4 is 61.7 Å². The van der Waals surface area contributed by atoms with E-state index in [1.165, 1.54) is 11.1 Å². The van der Waals surface area contributed by atoms with Gasteiger partial charge in [0.05, 0.1) is 10.4 Å². The van der Waals surface area contributed by atoms with Crippen LogP contribution >= 0.6 is 61.7 Å². The maximum absolute atomic E-state index is 6.61. The van der Waals surface area contributed by atoms with Crippen molar-refractivity contribution in [1.82, 2.24) is 0 Å². The fourth-order valence-electron chi connectivity index (χ4n) is 1.93. The van der Waals surface area contributed by atoms with Crippen LogP contribution in [0, 0.1) is 17.4 Å². The van der Waals surface area contributed by atoms with E-state index in [9.17, 15) is 0 Å². The maximum atomic E-state index is 6.61. The lowest BCUT2D eigenvalue weighted by molar-refractivity contribution is 1.10.